The molecule has 2 heterocycles. The van der Waals surface area contributed by atoms with Crippen LogP contribution >= 0.6 is 0 Å². The van der Waals surface area contributed by atoms with E-state index in [0.29, 0.717) is 19.4 Å². The normalized spacial score (nSPS) is 21.6. The zero-order chi connectivity index (χ0) is 18.9. The Morgan fingerprint density at radius 1 is 1.11 bits per heavy atom. The molecule has 1 unspecified atom stereocenters. The maximum atomic E-state index is 11.4. The number of carbonyl (C=O) groups is 1. The summed E-state index contributed by atoms with van der Waals surface area (Å²) in [5.74, 6) is 0.902. The summed E-state index contributed by atoms with van der Waals surface area (Å²) in [5.41, 5.74) is 1.76. The van der Waals surface area contributed by atoms with Gasteiger partial charge in [0.15, 0.2) is 17.6 Å². The number of likely N-dealkylation sites (tertiary alicyclic amines) is 1. The van der Waals surface area contributed by atoms with Gasteiger partial charge in [-0.1, -0.05) is 36.4 Å². The smallest absolute Gasteiger partial charge is 0.309 e. The number of carboxylic acid groups (broad SMARTS) is 1. The molecular formula is C22H25NO4. The molecule has 2 aromatic carbocycles. The maximum absolute atomic E-state index is 11.4. The Morgan fingerprint density at radius 3 is 2.44 bits per heavy atom. The van der Waals surface area contributed by atoms with E-state index in [1.807, 2.05) is 31.2 Å². The molecule has 2 aliphatic heterocycles. The molecule has 142 valence electrons. The van der Waals surface area contributed by atoms with Crippen molar-refractivity contribution in [3.8, 4) is 11.5 Å². The summed E-state index contributed by atoms with van der Waals surface area (Å²) in [6.07, 6.45) is 1.31. The molecule has 1 N–H and O–H groups in total. The fraction of sp³-hybridized carbons (Fsp3) is 0.409. The van der Waals surface area contributed by atoms with Gasteiger partial charge >= 0.3 is 5.97 Å². The molecule has 1 atom stereocenters. The number of nitrogens with zero attached hydrogens (tertiary/aromatic N) is 1. The van der Waals surface area contributed by atoms with E-state index in [2.05, 4.69) is 29.2 Å². The van der Waals surface area contributed by atoms with Crippen LogP contribution in [0.15, 0.2) is 48.5 Å². The van der Waals surface area contributed by atoms with E-state index in [0.717, 1.165) is 36.7 Å². The van der Waals surface area contributed by atoms with Crippen molar-refractivity contribution in [1.29, 1.82) is 0 Å². The third kappa shape index (κ3) is 3.78. The standard InChI is InChI=1S/C22H25NO4/c1-22(21(24)25)10-12-23(13-11-22)14-16-6-8-17(9-7-16)20-15-26-18-4-2-3-5-19(18)27-20/h2-9,20H,10-15H2,1H3,(H,24,25). The number of carboxylic acids is 1. The summed E-state index contributed by atoms with van der Waals surface area (Å²) in [4.78, 5) is 13.7. The molecular weight excluding hydrogens is 342 g/mol. The highest BCUT2D eigenvalue weighted by atomic mass is 16.6. The van der Waals surface area contributed by atoms with Crippen molar-refractivity contribution in [2.24, 2.45) is 5.41 Å². The minimum Gasteiger partial charge on any atom is -0.485 e. The van der Waals surface area contributed by atoms with E-state index in [9.17, 15) is 9.90 Å². The van der Waals surface area contributed by atoms with Crippen LogP contribution in [0.1, 0.15) is 37.0 Å². The van der Waals surface area contributed by atoms with Crippen molar-refractivity contribution in [2.75, 3.05) is 19.7 Å². The van der Waals surface area contributed by atoms with Crippen LogP contribution in [-0.4, -0.2) is 35.7 Å². The SMILES string of the molecule is CC1(C(=O)O)CCN(Cc2ccc(C3COc4ccccc4O3)cc2)CC1. The van der Waals surface area contributed by atoms with Crippen molar-refractivity contribution in [2.45, 2.75) is 32.4 Å². The Balaban J connectivity index is 1.36. The van der Waals surface area contributed by atoms with Crippen LogP contribution in [0.25, 0.3) is 0 Å². The molecule has 2 aliphatic rings. The van der Waals surface area contributed by atoms with Gasteiger partial charge in [0.05, 0.1) is 5.41 Å². The van der Waals surface area contributed by atoms with Gasteiger partial charge in [0, 0.05) is 6.54 Å². The average Bonchev–Trinajstić information content (AvgIpc) is 2.70. The van der Waals surface area contributed by atoms with Crippen molar-refractivity contribution in [3.05, 3.63) is 59.7 Å². The Labute approximate surface area is 159 Å². The van der Waals surface area contributed by atoms with Gasteiger partial charge in [-0.15, -0.1) is 0 Å². The van der Waals surface area contributed by atoms with Crippen LogP contribution in [0, 0.1) is 5.41 Å². The van der Waals surface area contributed by atoms with Gasteiger partial charge < -0.3 is 14.6 Å². The average molecular weight is 367 g/mol. The van der Waals surface area contributed by atoms with E-state index >= 15 is 0 Å². The second-order valence-corrected chi connectivity index (χ2v) is 7.75. The van der Waals surface area contributed by atoms with Gasteiger partial charge in [-0.05, 0) is 56.1 Å². The molecule has 0 saturated carbocycles. The Kier molecular flexibility index (Phi) is 4.79. The van der Waals surface area contributed by atoms with Crippen molar-refractivity contribution in [1.82, 2.24) is 4.90 Å². The number of ether oxygens (including phenoxy) is 2. The first kappa shape index (κ1) is 17.9. The third-order valence-electron chi connectivity index (χ3n) is 5.74. The molecule has 27 heavy (non-hydrogen) atoms. The molecule has 2 aromatic rings. The highest BCUT2D eigenvalue weighted by Gasteiger charge is 2.36. The minimum absolute atomic E-state index is 0.0970. The predicted octanol–water partition coefficient (Wildman–Crippen LogP) is 3.89. The molecule has 0 bridgehead atoms. The number of benzene rings is 2. The highest BCUT2D eigenvalue weighted by molar-refractivity contribution is 5.74. The summed E-state index contributed by atoms with van der Waals surface area (Å²) in [7, 11) is 0. The fourth-order valence-electron chi connectivity index (χ4n) is 3.70. The minimum atomic E-state index is -0.678. The number of hydrogen-bond donors (Lipinski definition) is 1. The van der Waals surface area contributed by atoms with E-state index in [1.54, 1.807) is 0 Å². The summed E-state index contributed by atoms with van der Waals surface area (Å²) in [6, 6.07) is 16.2. The van der Waals surface area contributed by atoms with Gasteiger partial charge in [-0.25, -0.2) is 0 Å². The molecule has 0 spiro atoms. The first-order valence-corrected chi connectivity index (χ1v) is 9.47. The zero-order valence-electron chi connectivity index (χ0n) is 15.6. The second kappa shape index (κ2) is 7.24. The number of fused-ring (bicyclic) bond motifs is 1. The lowest BCUT2D eigenvalue weighted by molar-refractivity contribution is -0.150. The molecule has 0 radical (unpaired) electrons. The van der Waals surface area contributed by atoms with E-state index in [-0.39, 0.29) is 6.10 Å². The quantitative estimate of drug-likeness (QED) is 0.888. The van der Waals surface area contributed by atoms with E-state index < -0.39 is 11.4 Å². The Bertz CT molecular complexity index is 809. The highest BCUT2D eigenvalue weighted by Crippen LogP contribution is 2.36. The van der Waals surface area contributed by atoms with Crippen molar-refractivity contribution >= 4 is 5.97 Å². The maximum Gasteiger partial charge on any atom is 0.309 e. The van der Waals surface area contributed by atoms with Crippen LogP contribution in [0.4, 0.5) is 0 Å². The lowest BCUT2D eigenvalue weighted by Gasteiger charge is -2.36. The first-order chi connectivity index (χ1) is 13.0. The number of aliphatic carboxylic acids is 1. The molecule has 0 amide bonds. The van der Waals surface area contributed by atoms with Gasteiger partial charge in [-0.2, -0.15) is 0 Å². The van der Waals surface area contributed by atoms with Gasteiger partial charge in [-0.3, -0.25) is 9.69 Å². The molecule has 0 aliphatic carbocycles. The Hall–Kier alpha value is -2.53. The lowest BCUT2D eigenvalue weighted by Crippen LogP contribution is -2.42. The van der Waals surface area contributed by atoms with Gasteiger partial charge in [0.2, 0.25) is 0 Å². The van der Waals surface area contributed by atoms with Crippen LogP contribution in [0.3, 0.4) is 0 Å². The number of piperidine rings is 1. The van der Waals surface area contributed by atoms with Gasteiger partial charge in [0.25, 0.3) is 0 Å². The Morgan fingerprint density at radius 2 is 1.78 bits per heavy atom. The zero-order valence-corrected chi connectivity index (χ0v) is 15.6. The molecule has 1 saturated heterocycles. The molecule has 5 heteroatoms. The first-order valence-electron chi connectivity index (χ1n) is 9.47. The van der Waals surface area contributed by atoms with Crippen LogP contribution in [-0.2, 0) is 11.3 Å². The number of rotatable bonds is 4. The van der Waals surface area contributed by atoms with E-state index in [4.69, 9.17) is 9.47 Å². The topological polar surface area (TPSA) is 59.0 Å². The summed E-state index contributed by atoms with van der Waals surface area (Å²) in [5, 5.41) is 9.35. The van der Waals surface area contributed by atoms with Crippen molar-refractivity contribution in [3.63, 3.8) is 0 Å². The largest absolute Gasteiger partial charge is 0.485 e. The van der Waals surface area contributed by atoms with Crippen molar-refractivity contribution < 1.29 is 19.4 Å². The summed E-state index contributed by atoms with van der Waals surface area (Å²) < 4.78 is 11.9. The van der Waals surface area contributed by atoms with Crippen LogP contribution < -0.4 is 9.47 Å². The summed E-state index contributed by atoms with van der Waals surface area (Å²) in [6.45, 7) is 4.85. The number of para-hydroxylation sites is 2. The monoisotopic (exact) mass is 367 g/mol. The lowest BCUT2D eigenvalue weighted by atomic mass is 9.80. The molecule has 1 fully saturated rings. The molecule has 4 rings (SSSR count). The van der Waals surface area contributed by atoms with Crippen LogP contribution in [0.5, 0.6) is 11.5 Å². The third-order valence-corrected chi connectivity index (χ3v) is 5.74. The fourth-order valence-corrected chi connectivity index (χ4v) is 3.70. The summed E-state index contributed by atoms with van der Waals surface area (Å²) >= 11 is 0. The van der Waals surface area contributed by atoms with Crippen LogP contribution in [0.2, 0.25) is 0 Å². The van der Waals surface area contributed by atoms with Gasteiger partial charge in [0.1, 0.15) is 6.61 Å². The number of hydrogen-bond acceptors (Lipinski definition) is 4. The second-order valence-electron chi connectivity index (χ2n) is 7.75. The molecule has 5 nitrogen and oxygen atoms in total. The molecule has 0 aromatic heterocycles. The predicted molar refractivity (Wildman–Crippen MR) is 102 cm³/mol. The van der Waals surface area contributed by atoms with E-state index in [1.165, 1.54) is 5.56 Å².